The molecule has 0 saturated heterocycles. The monoisotopic (exact) mass is 271 g/mol. The van der Waals surface area contributed by atoms with Gasteiger partial charge in [0.05, 0.1) is 16.6 Å². The molecule has 1 aromatic carbocycles. The van der Waals surface area contributed by atoms with Crippen molar-refractivity contribution in [2.24, 2.45) is 0 Å². The van der Waals surface area contributed by atoms with E-state index in [1.807, 2.05) is 18.4 Å². The SMILES string of the molecule is Cc1csc(CCC(=O)Nc2cccc(C#N)c2)n1. The van der Waals surface area contributed by atoms with E-state index in [1.165, 1.54) is 0 Å². The Labute approximate surface area is 115 Å². The molecule has 0 atom stereocenters. The molecule has 0 saturated carbocycles. The van der Waals surface area contributed by atoms with E-state index in [4.69, 9.17) is 5.26 Å². The van der Waals surface area contributed by atoms with Crippen LogP contribution in [0.15, 0.2) is 29.6 Å². The second kappa shape index (κ2) is 6.12. The molecule has 0 spiro atoms. The third-order valence-electron chi connectivity index (χ3n) is 2.51. The number of hydrogen-bond acceptors (Lipinski definition) is 4. The van der Waals surface area contributed by atoms with Crippen molar-refractivity contribution in [3.05, 3.63) is 45.9 Å². The van der Waals surface area contributed by atoms with Crippen LogP contribution < -0.4 is 5.32 Å². The molecule has 0 fully saturated rings. The number of nitriles is 1. The number of carbonyl (C=O) groups excluding carboxylic acids is 1. The van der Waals surface area contributed by atoms with Gasteiger partial charge >= 0.3 is 0 Å². The predicted molar refractivity (Wildman–Crippen MR) is 75.0 cm³/mol. The Morgan fingerprint density at radius 2 is 2.37 bits per heavy atom. The molecule has 5 heteroatoms. The first-order valence-corrected chi connectivity index (χ1v) is 6.76. The fraction of sp³-hybridized carbons (Fsp3) is 0.214. The first-order chi connectivity index (χ1) is 9.17. The van der Waals surface area contributed by atoms with Gasteiger partial charge in [-0.2, -0.15) is 5.26 Å². The van der Waals surface area contributed by atoms with Crippen molar-refractivity contribution in [1.82, 2.24) is 4.98 Å². The van der Waals surface area contributed by atoms with Crippen molar-refractivity contribution in [1.29, 1.82) is 5.26 Å². The highest BCUT2D eigenvalue weighted by molar-refractivity contribution is 7.09. The van der Waals surface area contributed by atoms with Crippen LogP contribution in [0.4, 0.5) is 5.69 Å². The van der Waals surface area contributed by atoms with Gasteiger partial charge in [0.1, 0.15) is 0 Å². The molecule has 0 bridgehead atoms. The molecule has 0 radical (unpaired) electrons. The lowest BCUT2D eigenvalue weighted by atomic mass is 10.2. The summed E-state index contributed by atoms with van der Waals surface area (Å²) in [6, 6.07) is 8.92. The van der Waals surface area contributed by atoms with Crippen LogP contribution in [0, 0.1) is 18.3 Å². The number of nitrogens with one attached hydrogen (secondary N) is 1. The molecule has 1 heterocycles. The van der Waals surface area contributed by atoms with Crippen LogP contribution in [0.1, 0.15) is 22.7 Å². The molecule has 1 amide bonds. The minimum atomic E-state index is -0.0667. The van der Waals surface area contributed by atoms with Crippen LogP contribution >= 0.6 is 11.3 Å². The summed E-state index contributed by atoms with van der Waals surface area (Å²) in [5.74, 6) is -0.0667. The summed E-state index contributed by atoms with van der Waals surface area (Å²) in [6.07, 6.45) is 1.03. The Morgan fingerprint density at radius 3 is 3.05 bits per heavy atom. The highest BCUT2D eigenvalue weighted by Gasteiger charge is 2.05. The molecule has 2 rings (SSSR count). The molecular formula is C14H13N3OS. The molecule has 19 heavy (non-hydrogen) atoms. The van der Waals surface area contributed by atoms with Crippen molar-refractivity contribution in [3.8, 4) is 6.07 Å². The van der Waals surface area contributed by atoms with E-state index in [-0.39, 0.29) is 5.91 Å². The predicted octanol–water partition coefficient (Wildman–Crippen LogP) is 2.89. The van der Waals surface area contributed by atoms with Gasteiger partial charge in [0.15, 0.2) is 0 Å². The van der Waals surface area contributed by atoms with Crippen LogP contribution in [0.3, 0.4) is 0 Å². The van der Waals surface area contributed by atoms with Crippen LogP contribution in [0.25, 0.3) is 0 Å². The maximum atomic E-state index is 11.8. The van der Waals surface area contributed by atoms with Gasteiger partial charge < -0.3 is 5.32 Å². The number of benzene rings is 1. The number of carbonyl (C=O) groups is 1. The third kappa shape index (κ3) is 3.90. The highest BCUT2D eigenvalue weighted by Crippen LogP contribution is 2.13. The van der Waals surface area contributed by atoms with E-state index < -0.39 is 0 Å². The van der Waals surface area contributed by atoms with Crippen molar-refractivity contribution in [2.75, 3.05) is 5.32 Å². The van der Waals surface area contributed by atoms with Gasteiger partial charge in [-0.15, -0.1) is 11.3 Å². The van der Waals surface area contributed by atoms with Crippen LogP contribution in [0.5, 0.6) is 0 Å². The van der Waals surface area contributed by atoms with E-state index in [0.29, 0.717) is 24.1 Å². The van der Waals surface area contributed by atoms with Crippen molar-refractivity contribution >= 4 is 22.9 Å². The number of thiazole rings is 1. The molecule has 96 valence electrons. The number of anilines is 1. The molecule has 0 unspecified atom stereocenters. The molecule has 2 aromatic rings. The molecule has 1 aromatic heterocycles. The molecule has 0 aliphatic carbocycles. The number of aromatic nitrogens is 1. The summed E-state index contributed by atoms with van der Waals surface area (Å²) in [4.78, 5) is 16.1. The highest BCUT2D eigenvalue weighted by atomic mass is 32.1. The Bertz CT molecular complexity index is 628. The largest absolute Gasteiger partial charge is 0.326 e. The van der Waals surface area contributed by atoms with E-state index >= 15 is 0 Å². The second-order valence-corrected chi connectivity index (χ2v) is 5.07. The lowest BCUT2D eigenvalue weighted by molar-refractivity contribution is -0.116. The van der Waals surface area contributed by atoms with E-state index in [2.05, 4.69) is 10.3 Å². The van der Waals surface area contributed by atoms with E-state index in [9.17, 15) is 4.79 Å². The summed E-state index contributed by atoms with van der Waals surface area (Å²) in [7, 11) is 0. The smallest absolute Gasteiger partial charge is 0.224 e. The van der Waals surface area contributed by atoms with Crippen molar-refractivity contribution in [2.45, 2.75) is 19.8 Å². The minimum Gasteiger partial charge on any atom is -0.326 e. The second-order valence-electron chi connectivity index (χ2n) is 4.12. The lowest BCUT2D eigenvalue weighted by Crippen LogP contribution is -2.12. The maximum absolute atomic E-state index is 11.8. The Balaban J connectivity index is 1.89. The first-order valence-electron chi connectivity index (χ1n) is 5.88. The summed E-state index contributed by atoms with van der Waals surface area (Å²) in [5, 5.41) is 14.5. The van der Waals surface area contributed by atoms with Crippen molar-refractivity contribution in [3.63, 3.8) is 0 Å². The normalized spacial score (nSPS) is 9.89. The summed E-state index contributed by atoms with van der Waals surface area (Å²) < 4.78 is 0. The zero-order valence-corrected chi connectivity index (χ0v) is 11.3. The third-order valence-corrected chi connectivity index (χ3v) is 3.53. The molecular weight excluding hydrogens is 258 g/mol. The minimum absolute atomic E-state index is 0.0667. The van der Waals surface area contributed by atoms with Gasteiger partial charge in [-0.3, -0.25) is 4.79 Å². The van der Waals surface area contributed by atoms with E-state index in [0.717, 1.165) is 10.7 Å². The number of hydrogen-bond donors (Lipinski definition) is 1. The lowest BCUT2D eigenvalue weighted by Gasteiger charge is -2.04. The Morgan fingerprint density at radius 1 is 1.53 bits per heavy atom. The summed E-state index contributed by atoms with van der Waals surface area (Å²) >= 11 is 1.57. The van der Waals surface area contributed by atoms with Gasteiger partial charge in [-0.1, -0.05) is 6.07 Å². The zero-order valence-electron chi connectivity index (χ0n) is 10.5. The van der Waals surface area contributed by atoms with Gasteiger partial charge in [0.2, 0.25) is 5.91 Å². The topological polar surface area (TPSA) is 65.8 Å². The van der Waals surface area contributed by atoms with Crippen LogP contribution in [-0.2, 0) is 11.2 Å². The maximum Gasteiger partial charge on any atom is 0.224 e. The summed E-state index contributed by atoms with van der Waals surface area (Å²) in [5.41, 5.74) is 2.18. The quantitative estimate of drug-likeness (QED) is 0.929. The van der Waals surface area contributed by atoms with Gasteiger partial charge in [0, 0.05) is 29.6 Å². The van der Waals surface area contributed by atoms with Crippen LogP contribution in [-0.4, -0.2) is 10.9 Å². The molecule has 1 N–H and O–H groups in total. The average Bonchev–Trinajstić information content (AvgIpc) is 2.82. The fourth-order valence-corrected chi connectivity index (χ4v) is 2.40. The number of aryl methyl sites for hydroxylation is 2. The molecule has 0 aliphatic rings. The van der Waals surface area contributed by atoms with E-state index in [1.54, 1.807) is 35.6 Å². The fourth-order valence-electron chi connectivity index (χ4n) is 1.63. The van der Waals surface area contributed by atoms with Gasteiger partial charge in [-0.25, -0.2) is 4.98 Å². The van der Waals surface area contributed by atoms with Crippen LogP contribution in [0.2, 0.25) is 0 Å². The standard InChI is InChI=1S/C14H13N3OS/c1-10-9-19-14(16-10)6-5-13(18)17-12-4-2-3-11(7-12)8-15/h2-4,7,9H,5-6H2,1H3,(H,17,18). The first kappa shape index (κ1) is 13.2. The number of amides is 1. The number of rotatable bonds is 4. The Hall–Kier alpha value is -2.19. The summed E-state index contributed by atoms with van der Waals surface area (Å²) in [6.45, 7) is 1.94. The van der Waals surface area contributed by atoms with Gasteiger partial charge in [-0.05, 0) is 25.1 Å². The molecule has 4 nitrogen and oxygen atoms in total. The van der Waals surface area contributed by atoms with Gasteiger partial charge in [0.25, 0.3) is 0 Å². The zero-order chi connectivity index (χ0) is 13.7. The van der Waals surface area contributed by atoms with Crippen molar-refractivity contribution < 1.29 is 4.79 Å². The Kier molecular flexibility index (Phi) is 4.26. The molecule has 0 aliphatic heterocycles. The number of nitrogens with zero attached hydrogens (tertiary/aromatic N) is 2. The average molecular weight is 271 g/mol.